The normalized spacial score (nSPS) is 11.9. The van der Waals surface area contributed by atoms with Crippen molar-refractivity contribution >= 4 is 15.9 Å². The smallest absolute Gasteiger partial charge is 0.144 e. The number of hydrogen-bond acceptors (Lipinski definition) is 1. The van der Waals surface area contributed by atoms with E-state index in [-0.39, 0.29) is 5.56 Å². The van der Waals surface area contributed by atoms with Crippen LogP contribution in [0.3, 0.4) is 0 Å². The minimum Gasteiger partial charge on any atom is -0.317 e. The molecule has 0 amide bonds. The topological polar surface area (TPSA) is 12.0 Å². The summed E-state index contributed by atoms with van der Waals surface area (Å²) < 4.78 is 28.0. The van der Waals surface area contributed by atoms with Crippen LogP contribution in [0.4, 0.5) is 8.78 Å². The summed E-state index contributed by atoms with van der Waals surface area (Å²) in [4.78, 5) is 0. The van der Waals surface area contributed by atoms with Crippen LogP contribution in [0, 0.1) is 11.6 Å². The highest BCUT2D eigenvalue weighted by Gasteiger charge is 2.28. The van der Waals surface area contributed by atoms with Gasteiger partial charge in [0.1, 0.15) is 11.6 Å². The van der Waals surface area contributed by atoms with Gasteiger partial charge in [-0.1, -0.05) is 20.8 Å². The molecule has 17 heavy (non-hydrogen) atoms. The van der Waals surface area contributed by atoms with Crippen molar-refractivity contribution in [3.05, 3.63) is 33.8 Å². The lowest BCUT2D eigenvalue weighted by atomic mass is 9.81. The molecule has 1 N–H and O–H groups in total. The maximum atomic E-state index is 14.0. The van der Waals surface area contributed by atoms with Gasteiger partial charge in [-0.2, -0.15) is 0 Å². The highest BCUT2D eigenvalue weighted by Crippen LogP contribution is 2.34. The van der Waals surface area contributed by atoms with Gasteiger partial charge in [0.15, 0.2) is 0 Å². The summed E-state index contributed by atoms with van der Waals surface area (Å²) >= 11 is 3.10. The molecule has 96 valence electrons. The quantitative estimate of drug-likeness (QED) is 0.640. The van der Waals surface area contributed by atoms with Gasteiger partial charge >= 0.3 is 0 Å². The van der Waals surface area contributed by atoms with Crippen LogP contribution in [0.5, 0.6) is 0 Å². The van der Waals surface area contributed by atoms with Crippen LogP contribution in [-0.2, 0) is 5.41 Å². The molecule has 0 saturated carbocycles. The van der Waals surface area contributed by atoms with Crippen LogP contribution >= 0.6 is 15.9 Å². The lowest BCUT2D eigenvalue weighted by Gasteiger charge is -2.26. The average molecular weight is 306 g/mol. The molecule has 1 aromatic carbocycles. The Bertz CT molecular complexity index is 391. The molecule has 0 saturated heterocycles. The van der Waals surface area contributed by atoms with E-state index in [1.807, 2.05) is 20.8 Å². The Kier molecular flexibility index (Phi) is 5.07. The molecule has 1 nitrogen and oxygen atoms in total. The lowest BCUT2D eigenvalue weighted by Crippen LogP contribution is -2.27. The van der Waals surface area contributed by atoms with Crippen molar-refractivity contribution in [2.45, 2.75) is 32.6 Å². The van der Waals surface area contributed by atoms with E-state index in [9.17, 15) is 8.78 Å². The van der Waals surface area contributed by atoms with Crippen molar-refractivity contribution < 1.29 is 8.78 Å². The Morgan fingerprint density at radius 3 is 2.53 bits per heavy atom. The molecule has 4 heteroatoms. The lowest BCUT2D eigenvalue weighted by molar-refractivity contribution is 0.410. The summed E-state index contributed by atoms with van der Waals surface area (Å²) in [6.07, 6.45) is 0.686. The summed E-state index contributed by atoms with van der Waals surface area (Å²) in [5.41, 5.74) is -0.370. The van der Waals surface area contributed by atoms with Gasteiger partial charge in [-0.3, -0.25) is 0 Å². The summed E-state index contributed by atoms with van der Waals surface area (Å²) in [5, 5.41) is 3.17. The van der Waals surface area contributed by atoms with Crippen LogP contribution in [0.1, 0.15) is 32.8 Å². The summed E-state index contributed by atoms with van der Waals surface area (Å²) in [5.74, 6) is -0.973. The van der Waals surface area contributed by atoms with Gasteiger partial charge in [0.25, 0.3) is 0 Å². The fourth-order valence-corrected chi connectivity index (χ4v) is 2.18. The molecule has 0 aliphatic heterocycles. The standard InChI is InChI=1S/C13H18BrF2N/c1-4-17-8-7-13(2,3)11-10(15)6-5-9(14)12(11)16/h5-6,17H,4,7-8H2,1-3H3. The van der Waals surface area contributed by atoms with Gasteiger partial charge in [-0.15, -0.1) is 0 Å². The second kappa shape index (κ2) is 5.91. The summed E-state index contributed by atoms with van der Waals surface area (Å²) in [6, 6.07) is 2.70. The molecule has 1 aromatic rings. The number of halogens is 3. The van der Waals surface area contributed by atoms with E-state index in [2.05, 4.69) is 21.2 Å². The first-order valence-electron chi connectivity index (χ1n) is 5.75. The van der Waals surface area contributed by atoms with Gasteiger partial charge in [-0.25, -0.2) is 8.78 Å². The molecule has 1 rings (SSSR count). The third-order valence-electron chi connectivity index (χ3n) is 2.90. The zero-order valence-corrected chi connectivity index (χ0v) is 12.0. The van der Waals surface area contributed by atoms with Crippen molar-refractivity contribution in [1.82, 2.24) is 5.32 Å². The van der Waals surface area contributed by atoms with E-state index in [0.717, 1.165) is 13.1 Å². The molecule has 0 aromatic heterocycles. The summed E-state index contributed by atoms with van der Waals surface area (Å²) in [6.45, 7) is 7.33. The van der Waals surface area contributed by atoms with Crippen molar-refractivity contribution in [1.29, 1.82) is 0 Å². The minimum atomic E-state index is -0.528. The van der Waals surface area contributed by atoms with E-state index < -0.39 is 17.0 Å². The molecule has 0 unspecified atom stereocenters. The number of hydrogen-bond donors (Lipinski definition) is 1. The molecule has 0 fully saturated rings. The van der Waals surface area contributed by atoms with Gasteiger partial charge in [0, 0.05) is 5.56 Å². The van der Waals surface area contributed by atoms with E-state index in [0.29, 0.717) is 10.9 Å². The van der Waals surface area contributed by atoms with Crippen molar-refractivity contribution in [2.24, 2.45) is 0 Å². The van der Waals surface area contributed by atoms with Crippen LogP contribution in [0.15, 0.2) is 16.6 Å². The molecule has 0 aliphatic rings. The maximum absolute atomic E-state index is 14.0. The van der Waals surface area contributed by atoms with Crippen molar-refractivity contribution in [2.75, 3.05) is 13.1 Å². The zero-order chi connectivity index (χ0) is 13.1. The number of benzene rings is 1. The molecule has 0 heterocycles. The van der Waals surface area contributed by atoms with Crippen LogP contribution in [0.2, 0.25) is 0 Å². The average Bonchev–Trinajstić information content (AvgIpc) is 2.24. The van der Waals surface area contributed by atoms with Gasteiger partial charge < -0.3 is 5.32 Å². The molecule has 0 aliphatic carbocycles. The molecule has 0 spiro atoms. The third kappa shape index (κ3) is 3.49. The summed E-state index contributed by atoms with van der Waals surface area (Å²) in [7, 11) is 0. The van der Waals surface area contributed by atoms with Gasteiger partial charge in [-0.05, 0) is 53.0 Å². The Balaban J connectivity index is 3.01. The van der Waals surface area contributed by atoms with E-state index >= 15 is 0 Å². The van der Waals surface area contributed by atoms with E-state index in [1.54, 1.807) is 0 Å². The second-order valence-electron chi connectivity index (χ2n) is 4.71. The van der Waals surface area contributed by atoms with Crippen LogP contribution in [0.25, 0.3) is 0 Å². The maximum Gasteiger partial charge on any atom is 0.144 e. The number of rotatable bonds is 5. The largest absolute Gasteiger partial charge is 0.317 e. The highest BCUT2D eigenvalue weighted by molar-refractivity contribution is 9.10. The first kappa shape index (κ1) is 14.6. The van der Waals surface area contributed by atoms with E-state index in [1.165, 1.54) is 12.1 Å². The molecule has 0 bridgehead atoms. The fourth-order valence-electron chi connectivity index (χ4n) is 1.85. The second-order valence-corrected chi connectivity index (χ2v) is 5.56. The van der Waals surface area contributed by atoms with Crippen molar-refractivity contribution in [3.8, 4) is 0 Å². The minimum absolute atomic E-state index is 0.157. The predicted molar refractivity (Wildman–Crippen MR) is 70.2 cm³/mol. The SMILES string of the molecule is CCNCCC(C)(C)c1c(F)ccc(Br)c1F. The van der Waals surface area contributed by atoms with Crippen molar-refractivity contribution in [3.63, 3.8) is 0 Å². The monoisotopic (exact) mass is 305 g/mol. The number of nitrogens with one attached hydrogen (secondary N) is 1. The molecule has 0 atom stereocenters. The Hall–Kier alpha value is -0.480. The fraction of sp³-hybridized carbons (Fsp3) is 0.538. The predicted octanol–water partition coefficient (Wildman–Crippen LogP) is 4.00. The van der Waals surface area contributed by atoms with Gasteiger partial charge in [0.05, 0.1) is 4.47 Å². The molecular formula is C13H18BrF2N. The van der Waals surface area contributed by atoms with Crippen LogP contribution in [-0.4, -0.2) is 13.1 Å². The molecular weight excluding hydrogens is 288 g/mol. The third-order valence-corrected chi connectivity index (χ3v) is 3.51. The zero-order valence-electron chi connectivity index (χ0n) is 10.4. The Morgan fingerprint density at radius 2 is 1.94 bits per heavy atom. The van der Waals surface area contributed by atoms with Crippen LogP contribution < -0.4 is 5.32 Å². The Labute approximate surface area is 110 Å². The Morgan fingerprint density at radius 1 is 1.29 bits per heavy atom. The molecule has 0 radical (unpaired) electrons. The first-order valence-corrected chi connectivity index (χ1v) is 6.54. The van der Waals surface area contributed by atoms with E-state index in [4.69, 9.17) is 0 Å². The highest BCUT2D eigenvalue weighted by atomic mass is 79.9. The first-order chi connectivity index (χ1) is 7.90. The van der Waals surface area contributed by atoms with Gasteiger partial charge in [0.2, 0.25) is 0 Å².